The normalized spacial score (nSPS) is 13.8. The molecule has 1 aliphatic rings. The molecule has 2 aromatic rings. The highest BCUT2D eigenvalue weighted by Crippen LogP contribution is 2.29. The Morgan fingerprint density at radius 1 is 1.35 bits per heavy atom. The highest BCUT2D eigenvalue weighted by Gasteiger charge is 2.15. The fourth-order valence-electron chi connectivity index (χ4n) is 2.28. The number of likely N-dealkylation sites (N-methyl/N-ethyl adjacent to an activating group) is 1. The topological polar surface area (TPSA) is 28.4 Å². The van der Waals surface area contributed by atoms with Crippen LogP contribution in [0.4, 0.5) is 11.4 Å². The van der Waals surface area contributed by atoms with Crippen molar-refractivity contribution in [1.82, 2.24) is 0 Å². The van der Waals surface area contributed by atoms with Gasteiger partial charge in [0.05, 0.1) is 12.8 Å². The largest absolute Gasteiger partial charge is 0.467 e. The third-order valence-electron chi connectivity index (χ3n) is 3.25. The number of anilines is 2. The van der Waals surface area contributed by atoms with Crippen LogP contribution >= 0.6 is 0 Å². The van der Waals surface area contributed by atoms with Gasteiger partial charge in [-0.2, -0.15) is 0 Å². The summed E-state index contributed by atoms with van der Waals surface area (Å²) in [6.07, 6.45) is 2.84. The molecule has 0 saturated carbocycles. The zero-order chi connectivity index (χ0) is 11.7. The van der Waals surface area contributed by atoms with Crippen LogP contribution in [0.5, 0.6) is 0 Å². The van der Waals surface area contributed by atoms with Crippen molar-refractivity contribution < 1.29 is 4.42 Å². The summed E-state index contributed by atoms with van der Waals surface area (Å²) in [6, 6.07) is 10.4. The predicted molar refractivity (Wildman–Crippen MR) is 69.5 cm³/mol. The fourth-order valence-corrected chi connectivity index (χ4v) is 2.28. The van der Waals surface area contributed by atoms with Gasteiger partial charge in [0.15, 0.2) is 0 Å². The summed E-state index contributed by atoms with van der Waals surface area (Å²) in [5.74, 6) is 0.961. The molecule has 1 aromatic heterocycles. The van der Waals surface area contributed by atoms with Crippen LogP contribution in [-0.2, 0) is 13.0 Å². The molecule has 17 heavy (non-hydrogen) atoms. The zero-order valence-electron chi connectivity index (χ0n) is 9.94. The van der Waals surface area contributed by atoms with Gasteiger partial charge in [-0.05, 0) is 42.3 Å². The summed E-state index contributed by atoms with van der Waals surface area (Å²) in [4.78, 5) is 2.30. The summed E-state index contributed by atoms with van der Waals surface area (Å²) in [5.41, 5.74) is 3.95. The molecule has 0 aliphatic carbocycles. The first kappa shape index (κ1) is 10.3. The Morgan fingerprint density at radius 2 is 2.29 bits per heavy atom. The van der Waals surface area contributed by atoms with Crippen molar-refractivity contribution in [2.75, 3.05) is 23.8 Å². The molecule has 0 amide bonds. The van der Waals surface area contributed by atoms with Gasteiger partial charge in [-0.3, -0.25) is 0 Å². The predicted octanol–water partition coefficient (Wildman–Crippen LogP) is 2.88. The van der Waals surface area contributed by atoms with Gasteiger partial charge in [-0.15, -0.1) is 0 Å². The number of hydrogen-bond acceptors (Lipinski definition) is 3. The van der Waals surface area contributed by atoms with Crippen LogP contribution in [0.25, 0.3) is 0 Å². The van der Waals surface area contributed by atoms with Gasteiger partial charge < -0.3 is 14.6 Å². The average Bonchev–Trinajstić information content (AvgIpc) is 2.97. The lowest BCUT2D eigenvalue weighted by Gasteiger charge is -2.12. The number of furan rings is 1. The van der Waals surface area contributed by atoms with E-state index in [1.54, 1.807) is 6.26 Å². The van der Waals surface area contributed by atoms with Crippen LogP contribution in [0.3, 0.4) is 0 Å². The highest BCUT2D eigenvalue weighted by molar-refractivity contribution is 5.63. The van der Waals surface area contributed by atoms with E-state index in [0.29, 0.717) is 0 Å². The van der Waals surface area contributed by atoms with E-state index in [1.807, 2.05) is 12.1 Å². The maximum absolute atomic E-state index is 5.29. The zero-order valence-corrected chi connectivity index (χ0v) is 9.94. The minimum Gasteiger partial charge on any atom is -0.467 e. The van der Waals surface area contributed by atoms with E-state index in [1.165, 1.54) is 11.3 Å². The van der Waals surface area contributed by atoms with Gasteiger partial charge in [-0.1, -0.05) is 0 Å². The Kier molecular flexibility index (Phi) is 2.52. The lowest BCUT2D eigenvalue weighted by atomic mass is 10.1. The van der Waals surface area contributed by atoms with Crippen molar-refractivity contribution in [2.45, 2.75) is 13.0 Å². The van der Waals surface area contributed by atoms with Crippen molar-refractivity contribution >= 4 is 11.4 Å². The fraction of sp³-hybridized carbons (Fsp3) is 0.286. The van der Waals surface area contributed by atoms with Crippen LogP contribution in [-0.4, -0.2) is 13.6 Å². The molecule has 1 aliphatic heterocycles. The average molecular weight is 228 g/mol. The number of fused-ring (bicyclic) bond motifs is 1. The second-order valence-electron chi connectivity index (χ2n) is 4.45. The second-order valence-corrected chi connectivity index (χ2v) is 4.45. The van der Waals surface area contributed by atoms with Gasteiger partial charge in [0.1, 0.15) is 5.76 Å². The quantitative estimate of drug-likeness (QED) is 0.875. The summed E-state index contributed by atoms with van der Waals surface area (Å²) in [7, 11) is 2.14. The highest BCUT2D eigenvalue weighted by atomic mass is 16.3. The molecule has 0 spiro atoms. The maximum Gasteiger partial charge on any atom is 0.122 e. The molecule has 0 bridgehead atoms. The van der Waals surface area contributed by atoms with Crippen LogP contribution in [0.15, 0.2) is 41.0 Å². The van der Waals surface area contributed by atoms with E-state index in [4.69, 9.17) is 4.42 Å². The monoisotopic (exact) mass is 228 g/mol. The first-order valence-electron chi connectivity index (χ1n) is 5.93. The van der Waals surface area contributed by atoms with Crippen molar-refractivity contribution in [3.8, 4) is 0 Å². The molecule has 3 nitrogen and oxygen atoms in total. The number of nitrogens with one attached hydrogen (secondary N) is 1. The van der Waals surface area contributed by atoms with Crippen molar-refractivity contribution in [1.29, 1.82) is 0 Å². The van der Waals surface area contributed by atoms with Gasteiger partial charge in [-0.25, -0.2) is 0 Å². The minimum atomic E-state index is 0.738. The molecule has 0 fully saturated rings. The Morgan fingerprint density at radius 3 is 3.12 bits per heavy atom. The molecule has 0 unspecified atom stereocenters. The molecule has 88 valence electrons. The first-order valence-corrected chi connectivity index (χ1v) is 5.93. The lowest BCUT2D eigenvalue weighted by Crippen LogP contribution is -2.12. The summed E-state index contributed by atoms with van der Waals surface area (Å²) in [5, 5.41) is 3.38. The second kappa shape index (κ2) is 4.17. The maximum atomic E-state index is 5.29. The molecule has 3 heteroatoms. The summed E-state index contributed by atoms with van der Waals surface area (Å²) >= 11 is 0. The molecule has 3 rings (SSSR count). The first-order chi connectivity index (χ1) is 8.33. The molecule has 0 saturated heterocycles. The van der Waals surface area contributed by atoms with Gasteiger partial charge in [0, 0.05) is 25.0 Å². The standard InChI is InChI=1S/C14H16N2O/c1-16-7-6-11-9-12(4-5-14(11)16)15-10-13-3-2-8-17-13/h2-5,8-9,15H,6-7,10H2,1H3. The van der Waals surface area contributed by atoms with Crippen LogP contribution < -0.4 is 10.2 Å². The molecular formula is C14H16N2O. The van der Waals surface area contributed by atoms with Crippen molar-refractivity contribution in [3.63, 3.8) is 0 Å². The van der Waals surface area contributed by atoms with Gasteiger partial charge in [0.2, 0.25) is 0 Å². The molecule has 1 aromatic carbocycles. The summed E-state index contributed by atoms with van der Waals surface area (Å²) in [6.45, 7) is 1.86. The number of nitrogens with zero attached hydrogens (tertiary/aromatic N) is 1. The molecule has 2 heterocycles. The third kappa shape index (κ3) is 2.00. The van der Waals surface area contributed by atoms with E-state index in [-0.39, 0.29) is 0 Å². The summed E-state index contributed by atoms with van der Waals surface area (Å²) < 4.78 is 5.29. The number of hydrogen-bond donors (Lipinski definition) is 1. The van der Waals surface area contributed by atoms with Crippen LogP contribution in [0, 0.1) is 0 Å². The van der Waals surface area contributed by atoms with Crippen LogP contribution in [0.1, 0.15) is 11.3 Å². The third-order valence-corrected chi connectivity index (χ3v) is 3.25. The van der Waals surface area contributed by atoms with E-state index in [2.05, 4.69) is 35.5 Å². The number of benzene rings is 1. The van der Waals surface area contributed by atoms with E-state index in [0.717, 1.165) is 31.0 Å². The van der Waals surface area contributed by atoms with E-state index < -0.39 is 0 Å². The van der Waals surface area contributed by atoms with Gasteiger partial charge in [0.25, 0.3) is 0 Å². The SMILES string of the molecule is CN1CCc2cc(NCc3ccco3)ccc21. The van der Waals surface area contributed by atoms with Crippen molar-refractivity contribution in [3.05, 3.63) is 47.9 Å². The Balaban J connectivity index is 1.72. The molecule has 0 atom stereocenters. The van der Waals surface area contributed by atoms with Crippen molar-refractivity contribution in [2.24, 2.45) is 0 Å². The molecule has 0 radical (unpaired) electrons. The van der Waals surface area contributed by atoms with Crippen LogP contribution in [0.2, 0.25) is 0 Å². The Bertz CT molecular complexity index is 505. The lowest BCUT2D eigenvalue weighted by molar-refractivity contribution is 0.518. The van der Waals surface area contributed by atoms with Gasteiger partial charge >= 0.3 is 0 Å². The minimum absolute atomic E-state index is 0.738. The molecular weight excluding hydrogens is 212 g/mol. The molecule has 1 N–H and O–H groups in total. The van der Waals surface area contributed by atoms with E-state index in [9.17, 15) is 0 Å². The Labute approximate surface area is 101 Å². The smallest absolute Gasteiger partial charge is 0.122 e. The van der Waals surface area contributed by atoms with E-state index >= 15 is 0 Å². The number of rotatable bonds is 3. The Hall–Kier alpha value is -1.90.